The Labute approximate surface area is 120 Å². The van der Waals surface area contributed by atoms with E-state index in [2.05, 4.69) is 31.0 Å². The van der Waals surface area contributed by atoms with E-state index >= 15 is 0 Å². The van der Waals surface area contributed by atoms with Gasteiger partial charge in [-0.15, -0.1) is 11.3 Å². The first-order valence-electron chi connectivity index (χ1n) is 5.49. The minimum atomic E-state index is 0.770. The average Bonchev–Trinajstić information content (AvgIpc) is 2.92. The fourth-order valence-corrected chi connectivity index (χ4v) is 3.89. The van der Waals surface area contributed by atoms with Gasteiger partial charge in [-0.05, 0) is 25.0 Å². The largest absolute Gasteiger partial charge is 0.265 e. The van der Waals surface area contributed by atoms with Gasteiger partial charge in [0.15, 0.2) is 5.13 Å². The lowest BCUT2D eigenvalue weighted by Gasteiger charge is -2.14. The van der Waals surface area contributed by atoms with Crippen LogP contribution in [0.2, 0.25) is 0 Å². The predicted octanol–water partition coefficient (Wildman–Crippen LogP) is 3.63. The molecule has 5 heteroatoms. The van der Waals surface area contributed by atoms with E-state index in [0.29, 0.717) is 0 Å². The summed E-state index contributed by atoms with van der Waals surface area (Å²) >= 11 is 12.7. The first-order chi connectivity index (χ1) is 8.61. The Morgan fingerprint density at radius 2 is 1.61 bits per heavy atom. The summed E-state index contributed by atoms with van der Waals surface area (Å²) in [6, 6.07) is 4.18. The molecule has 90 valence electrons. The van der Waals surface area contributed by atoms with Crippen molar-refractivity contribution in [1.29, 1.82) is 0 Å². The zero-order chi connectivity index (χ0) is 12.9. The summed E-state index contributed by atoms with van der Waals surface area (Å²) in [5.41, 5.74) is 4.51. The van der Waals surface area contributed by atoms with Gasteiger partial charge in [0.1, 0.15) is 9.98 Å². The lowest BCUT2D eigenvalue weighted by molar-refractivity contribution is 1.35. The molecule has 0 amide bonds. The number of anilines is 1. The van der Waals surface area contributed by atoms with Crippen LogP contribution >= 0.6 is 35.8 Å². The third kappa shape index (κ3) is 1.55. The van der Waals surface area contributed by atoms with Crippen molar-refractivity contribution in [2.45, 2.75) is 13.8 Å². The number of rotatable bonds is 1. The zero-order valence-electron chi connectivity index (χ0n) is 9.93. The summed E-state index contributed by atoms with van der Waals surface area (Å²) in [7, 11) is 0. The third-order valence-electron chi connectivity index (χ3n) is 3.07. The Morgan fingerprint density at radius 3 is 2.06 bits per heavy atom. The minimum Gasteiger partial charge on any atom is -0.265 e. The lowest BCUT2D eigenvalue weighted by atomic mass is 10.00. The fraction of sp³-hybridized carbons (Fsp3) is 0.154. The summed E-state index contributed by atoms with van der Waals surface area (Å²) in [5, 5.41) is 2.78. The molecule has 2 heterocycles. The predicted molar refractivity (Wildman–Crippen MR) is 83.9 cm³/mol. The number of fused-ring (bicyclic) bond motifs is 1. The summed E-state index contributed by atoms with van der Waals surface area (Å²) in [5.74, 6) is 0. The molecule has 0 N–H and O–H groups in total. The van der Waals surface area contributed by atoms with Crippen LogP contribution in [0.15, 0.2) is 23.7 Å². The maximum Gasteiger partial charge on any atom is 0.195 e. The smallest absolute Gasteiger partial charge is 0.195 e. The number of hydrogen-bond donors (Lipinski definition) is 0. The standard InChI is InChI=1S/C13H10N2S3/c1-7-3-4-8(2)10-9(7)11(16)15(12(10)17)13-14-5-6-18-13/h3-6H,1-2H3. The summed E-state index contributed by atoms with van der Waals surface area (Å²) in [6.07, 6.45) is 1.77. The second-order valence-corrected chi connectivity index (χ2v) is 5.86. The molecule has 0 aliphatic carbocycles. The molecule has 0 saturated carbocycles. The van der Waals surface area contributed by atoms with Crippen LogP contribution < -0.4 is 4.90 Å². The van der Waals surface area contributed by atoms with Crippen LogP contribution in [0.3, 0.4) is 0 Å². The second-order valence-electron chi connectivity index (χ2n) is 4.21. The van der Waals surface area contributed by atoms with Crippen LogP contribution in [0.5, 0.6) is 0 Å². The van der Waals surface area contributed by atoms with Gasteiger partial charge in [0.05, 0.1) is 0 Å². The van der Waals surface area contributed by atoms with Crippen LogP contribution in [-0.4, -0.2) is 15.0 Å². The lowest BCUT2D eigenvalue weighted by Crippen LogP contribution is -2.27. The van der Waals surface area contributed by atoms with Crippen molar-refractivity contribution in [3.8, 4) is 0 Å². The molecule has 2 nitrogen and oxygen atoms in total. The summed E-state index contributed by atoms with van der Waals surface area (Å²) in [6.45, 7) is 4.14. The second kappa shape index (κ2) is 4.19. The highest BCUT2D eigenvalue weighted by Crippen LogP contribution is 2.34. The quantitative estimate of drug-likeness (QED) is 0.745. The Kier molecular flexibility index (Phi) is 2.77. The van der Waals surface area contributed by atoms with Crippen molar-refractivity contribution in [1.82, 2.24) is 4.98 Å². The number of aryl methyl sites for hydroxylation is 2. The normalized spacial score (nSPS) is 14.2. The Bertz CT molecular complexity index is 618. The molecule has 0 radical (unpaired) electrons. The van der Waals surface area contributed by atoms with Crippen molar-refractivity contribution < 1.29 is 0 Å². The molecule has 2 aromatic rings. The highest BCUT2D eigenvalue weighted by atomic mass is 32.1. The van der Waals surface area contributed by atoms with Crippen LogP contribution in [-0.2, 0) is 0 Å². The fourth-order valence-electron chi connectivity index (χ4n) is 2.18. The Morgan fingerprint density at radius 1 is 1.06 bits per heavy atom. The molecule has 18 heavy (non-hydrogen) atoms. The average molecular weight is 290 g/mol. The van der Waals surface area contributed by atoms with Crippen LogP contribution in [0.25, 0.3) is 0 Å². The van der Waals surface area contributed by atoms with Crippen molar-refractivity contribution in [3.05, 3.63) is 46.0 Å². The van der Waals surface area contributed by atoms with Crippen molar-refractivity contribution in [2.24, 2.45) is 0 Å². The SMILES string of the molecule is Cc1ccc(C)c2c1C(=S)N(c1nccs1)C2=S. The van der Waals surface area contributed by atoms with E-state index in [9.17, 15) is 0 Å². The number of hydrogen-bond acceptors (Lipinski definition) is 4. The first-order valence-corrected chi connectivity index (χ1v) is 7.19. The van der Waals surface area contributed by atoms with E-state index in [1.54, 1.807) is 17.5 Å². The van der Waals surface area contributed by atoms with Crippen LogP contribution in [0, 0.1) is 13.8 Å². The Balaban J connectivity index is 2.23. The summed E-state index contributed by atoms with van der Waals surface area (Å²) in [4.78, 5) is 7.75. The van der Waals surface area contributed by atoms with Gasteiger partial charge in [0.2, 0.25) is 0 Å². The highest BCUT2D eigenvalue weighted by molar-refractivity contribution is 7.83. The molecule has 1 aliphatic heterocycles. The van der Waals surface area contributed by atoms with Gasteiger partial charge >= 0.3 is 0 Å². The van der Waals surface area contributed by atoms with E-state index in [4.69, 9.17) is 24.4 Å². The maximum absolute atomic E-state index is 5.57. The van der Waals surface area contributed by atoms with Gasteiger partial charge in [-0.3, -0.25) is 4.90 Å². The van der Waals surface area contributed by atoms with Crippen molar-refractivity contribution in [2.75, 3.05) is 4.90 Å². The molecule has 0 unspecified atom stereocenters. The van der Waals surface area contributed by atoms with Gasteiger partial charge in [0, 0.05) is 22.7 Å². The van der Waals surface area contributed by atoms with Gasteiger partial charge in [-0.1, -0.05) is 36.6 Å². The number of aromatic nitrogens is 1. The molecule has 0 bridgehead atoms. The maximum atomic E-state index is 5.57. The molecule has 3 rings (SSSR count). The van der Waals surface area contributed by atoms with Gasteiger partial charge in [-0.25, -0.2) is 4.98 Å². The van der Waals surface area contributed by atoms with Gasteiger partial charge in [0.25, 0.3) is 0 Å². The topological polar surface area (TPSA) is 16.1 Å². The molecular formula is C13H10N2S3. The monoisotopic (exact) mass is 290 g/mol. The molecule has 1 aliphatic rings. The van der Waals surface area contributed by atoms with E-state index in [1.165, 1.54) is 11.1 Å². The number of nitrogens with zero attached hydrogens (tertiary/aromatic N) is 2. The van der Waals surface area contributed by atoms with Crippen molar-refractivity contribution >= 4 is 50.9 Å². The minimum absolute atomic E-state index is 0.770. The van der Waals surface area contributed by atoms with E-state index in [1.807, 2.05) is 10.3 Å². The molecule has 1 aromatic heterocycles. The van der Waals surface area contributed by atoms with Crippen molar-refractivity contribution in [3.63, 3.8) is 0 Å². The molecule has 0 spiro atoms. The molecular weight excluding hydrogens is 280 g/mol. The zero-order valence-corrected chi connectivity index (χ0v) is 12.4. The van der Waals surface area contributed by atoms with Gasteiger partial charge < -0.3 is 0 Å². The van der Waals surface area contributed by atoms with E-state index < -0.39 is 0 Å². The number of thiocarbonyl (C=S) groups is 2. The van der Waals surface area contributed by atoms with Gasteiger partial charge in [-0.2, -0.15) is 0 Å². The first kappa shape index (κ1) is 11.9. The highest BCUT2D eigenvalue weighted by Gasteiger charge is 2.34. The van der Waals surface area contributed by atoms with Crippen LogP contribution in [0.1, 0.15) is 22.3 Å². The molecule has 0 saturated heterocycles. The number of benzene rings is 1. The third-order valence-corrected chi connectivity index (χ3v) is 4.60. The molecule has 1 aromatic carbocycles. The van der Waals surface area contributed by atoms with E-state index in [0.717, 1.165) is 26.2 Å². The summed E-state index contributed by atoms with van der Waals surface area (Å²) < 4.78 is 0. The Hall–Kier alpha value is -1.17. The molecule has 0 atom stereocenters. The van der Waals surface area contributed by atoms with E-state index in [-0.39, 0.29) is 0 Å². The van der Waals surface area contributed by atoms with Crippen LogP contribution in [0.4, 0.5) is 5.13 Å². The molecule has 0 fully saturated rings. The number of thiazole rings is 1.